The van der Waals surface area contributed by atoms with Gasteiger partial charge < -0.3 is 19.4 Å². The number of nitrogens with zero attached hydrogens (tertiary/aromatic N) is 3. The molecule has 0 saturated carbocycles. The van der Waals surface area contributed by atoms with E-state index < -0.39 is 8.30 Å². The van der Waals surface area contributed by atoms with Crippen LogP contribution in [0.15, 0.2) is 65.7 Å². The molecule has 10 nitrogen and oxygen atoms in total. The average molecular weight is 564 g/mol. The molecule has 2 aliphatic heterocycles. The third kappa shape index (κ3) is 9.20. The molecule has 2 heterocycles. The van der Waals surface area contributed by atoms with E-state index in [1.807, 2.05) is 31.2 Å². The van der Waals surface area contributed by atoms with Crippen molar-refractivity contribution >= 4 is 36.7 Å². The smallest absolute Gasteiger partial charge is 0.293 e. The summed E-state index contributed by atoms with van der Waals surface area (Å²) in [5.74, 6) is 0. The van der Waals surface area contributed by atoms with Gasteiger partial charge in [0.1, 0.15) is 5.69 Å². The predicted octanol–water partition coefficient (Wildman–Crippen LogP) is 4.98. The van der Waals surface area contributed by atoms with Crippen molar-refractivity contribution in [2.24, 2.45) is 0 Å². The Balaban J connectivity index is 0.000000427. The van der Waals surface area contributed by atoms with Crippen molar-refractivity contribution in [2.45, 2.75) is 37.2 Å². The predicted molar refractivity (Wildman–Crippen MR) is 154 cm³/mol. The number of hydrogen-bond donors (Lipinski definition) is 3. The van der Waals surface area contributed by atoms with E-state index in [1.165, 1.54) is 4.90 Å². The highest BCUT2D eigenvalue weighted by molar-refractivity contribution is 7.98. The number of rotatable bonds is 11. The molecule has 1 atom stereocenters. The summed E-state index contributed by atoms with van der Waals surface area (Å²) in [5, 5.41) is 24.3. The van der Waals surface area contributed by atoms with Crippen LogP contribution in [0, 0.1) is 10.1 Å². The number of anilines is 1. The number of allylic oxidation sites excluding steroid dienone is 1. The van der Waals surface area contributed by atoms with Gasteiger partial charge in [0, 0.05) is 48.1 Å². The summed E-state index contributed by atoms with van der Waals surface area (Å²) >= 11 is 1.77. The van der Waals surface area contributed by atoms with E-state index in [9.17, 15) is 10.1 Å². The Hall–Kier alpha value is -2.24. The lowest BCUT2D eigenvalue weighted by Gasteiger charge is -2.31. The van der Waals surface area contributed by atoms with Gasteiger partial charge in [-0.15, -0.1) is 11.8 Å². The molecule has 3 N–H and O–H groups in total. The molecule has 2 aromatic rings. The number of likely N-dealkylation sites (tertiary alicyclic amines) is 1. The minimum Gasteiger partial charge on any atom is -0.379 e. The Labute approximate surface area is 230 Å². The fourth-order valence-corrected chi connectivity index (χ4v) is 6.54. The molecule has 2 aliphatic rings. The topological polar surface area (TPSA) is 112 Å². The molecular weight excluding hydrogens is 525 g/mol. The van der Waals surface area contributed by atoms with Gasteiger partial charge in [0.2, 0.25) is 0 Å². The molecule has 1 unspecified atom stereocenters. The summed E-state index contributed by atoms with van der Waals surface area (Å²) < 4.78 is 7.91. The van der Waals surface area contributed by atoms with E-state index in [4.69, 9.17) is 14.6 Å². The van der Waals surface area contributed by atoms with Gasteiger partial charge in [0.05, 0.1) is 17.6 Å². The van der Waals surface area contributed by atoms with Crippen LogP contribution in [-0.2, 0) is 9.36 Å². The highest BCUT2D eigenvalue weighted by Crippen LogP contribution is 2.47. The highest BCUT2D eigenvalue weighted by atomic mass is 32.2. The summed E-state index contributed by atoms with van der Waals surface area (Å²) in [5.41, 5.74) is 3.28. The average Bonchev–Trinajstić information content (AvgIpc) is 3.43. The Morgan fingerprint density at radius 1 is 1.26 bits per heavy atom. The third-order valence-corrected chi connectivity index (χ3v) is 9.15. The van der Waals surface area contributed by atoms with Crippen LogP contribution in [0.4, 0.5) is 11.4 Å². The first-order chi connectivity index (χ1) is 18.4. The van der Waals surface area contributed by atoms with E-state index in [2.05, 4.69) is 39.9 Å². The number of nitro groups is 1. The van der Waals surface area contributed by atoms with Crippen LogP contribution in [0.2, 0.25) is 0 Å². The van der Waals surface area contributed by atoms with E-state index in [1.54, 1.807) is 29.5 Å². The summed E-state index contributed by atoms with van der Waals surface area (Å²) in [6.07, 6.45) is 4.72. The second-order valence-electron chi connectivity index (χ2n) is 8.97. The van der Waals surface area contributed by atoms with E-state index in [-0.39, 0.29) is 16.7 Å². The van der Waals surface area contributed by atoms with Crippen molar-refractivity contribution in [3.05, 3.63) is 70.9 Å². The van der Waals surface area contributed by atoms with Gasteiger partial charge in [-0.2, -0.15) is 0 Å². The van der Waals surface area contributed by atoms with Crippen LogP contribution in [0.3, 0.4) is 0 Å². The summed E-state index contributed by atoms with van der Waals surface area (Å²) in [6.45, 7) is 10.6. The monoisotopic (exact) mass is 563 g/mol. The fourth-order valence-electron chi connectivity index (χ4n) is 4.28. The van der Waals surface area contributed by atoms with E-state index in [0.717, 1.165) is 56.4 Å². The van der Waals surface area contributed by atoms with Crippen molar-refractivity contribution in [1.29, 1.82) is 0 Å². The molecule has 2 fully saturated rings. The van der Waals surface area contributed by atoms with Crippen LogP contribution >= 0.6 is 20.1 Å². The Morgan fingerprint density at radius 3 is 2.61 bits per heavy atom. The van der Waals surface area contributed by atoms with Gasteiger partial charge in [-0.3, -0.25) is 20.2 Å². The highest BCUT2D eigenvalue weighted by Gasteiger charge is 2.29. The van der Waals surface area contributed by atoms with Gasteiger partial charge in [0.15, 0.2) is 8.30 Å². The van der Waals surface area contributed by atoms with E-state index >= 15 is 0 Å². The maximum Gasteiger partial charge on any atom is 0.293 e. The van der Waals surface area contributed by atoms with Gasteiger partial charge in [-0.25, -0.2) is 0 Å². The lowest BCUT2D eigenvalue weighted by molar-refractivity contribution is -0.383. The van der Waals surface area contributed by atoms with Gasteiger partial charge in [-0.1, -0.05) is 30.4 Å². The molecule has 0 spiro atoms. The van der Waals surface area contributed by atoms with Gasteiger partial charge in [-0.05, 0) is 63.3 Å². The number of piperidine rings is 1. The number of thioether (sulfide) groups is 1. The molecule has 0 aromatic heterocycles. The summed E-state index contributed by atoms with van der Waals surface area (Å²) in [6, 6.07) is 15.6. The number of hydrogen-bond acceptors (Lipinski definition) is 10. The molecule has 0 aliphatic carbocycles. The standard InChI is InChI=1S/C19H30N5O5P.C7H8S/c1-15(2)23-12-13-28-30(23)17-4-5-18(19(14-17)24(26)27)20-8-3-9-22-10-6-16(7-11-22)29-21-25;1-8-7-5-3-2-4-6-7/h4-5,14,16,20-21,25H,1,3,6-13H2,2H3;2-6H,1H3. The number of nitro benzene ring substituents is 1. The second kappa shape index (κ2) is 16.0. The van der Waals surface area contributed by atoms with Crippen molar-refractivity contribution in [3.8, 4) is 0 Å². The normalized spacial score (nSPS) is 18.1. The first-order valence-corrected chi connectivity index (χ1v) is 15.1. The lowest BCUT2D eigenvalue weighted by atomic mass is 10.1. The molecule has 2 saturated heterocycles. The minimum atomic E-state index is -1.06. The SMILES string of the molecule is C=C(C)N1CCOP1c1ccc(NCCCN2CCC(ONO)CC2)c([N+](=O)[O-])c1.CSc1ccccc1. The first-order valence-electron chi connectivity index (χ1n) is 12.7. The minimum absolute atomic E-state index is 0.0387. The molecule has 0 amide bonds. The van der Waals surface area contributed by atoms with Crippen molar-refractivity contribution in [2.75, 3.05) is 50.9 Å². The Morgan fingerprint density at radius 2 is 2.00 bits per heavy atom. The second-order valence-corrected chi connectivity index (χ2v) is 11.7. The zero-order valence-corrected chi connectivity index (χ0v) is 23.8. The first kappa shape index (κ1) is 30.3. The van der Waals surface area contributed by atoms with E-state index in [0.29, 0.717) is 18.8 Å². The quantitative estimate of drug-likeness (QED) is 0.114. The third-order valence-electron chi connectivity index (χ3n) is 6.27. The van der Waals surface area contributed by atoms with Crippen LogP contribution in [0.25, 0.3) is 0 Å². The summed E-state index contributed by atoms with van der Waals surface area (Å²) in [4.78, 5) is 19.9. The fraction of sp³-hybridized carbons (Fsp3) is 0.462. The van der Waals surface area contributed by atoms with Crippen LogP contribution < -0.4 is 16.3 Å². The molecule has 12 heteroatoms. The van der Waals surface area contributed by atoms with Gasteiger partial charge in [0.25, 0.3) is 5.69 Å². The summed E-state index contributed by atoms with van der Waals surface area (Å²) in [7, 11) is -1.06. The molecule has 38 heavy (non-hydrogen) atoms. The van der Waals surface area contributed by atoms with Crippen molar-refractivity contribution < 1.29 is 19.5 Å². The zero-order valence-electron chi connectivity index (χ0n) is 22.0. The van der Waals surface area contributed by atoms with Crippen LogP contribution in [0.1, 0.15) is 26.2 Å². The van der Waals surface area contributed by atoms with Gasteiger partial charge >= 0.3 is 0 Å². The number of benzene rings is 2. The molecule has 208 valence electrons. The molecule has 4 rings (SSSR count). The van der Waals surface area contributed by atoms with Crippen molar-refractivity contribution in [1.82, 2.24) is 15.2 Å². The largest absolute Gasteiger partial charge is 0.379 e. The maximum atomic E-state index is 11.6. The molecule has 0 bridgehead atoms. The molecule has 2 aromatic carbocycles. The zero-order chi connectivity index (χ0) is 27.3. The Bertz CT molecular complexity index is 1030. The lowest BCUT2D eigenvalue weighted by Crippen LogP contribution is -2.39. The van der Waals surface area contributed by atoms with Crippen LogP contribution in [0.5, 0.6) is 0 Å². The van der Waals surface area contributed by atoms with Crippen LogP contribution in [-0.4, -0.2) is 71.4 Å². The molecule has 0 radical (unpaired) electrons. The molecular formula is C26H38N5O5PS. The Kier molecular flexibility index (Phi) is 12.8. The number of nitrogens with one attached hydrogen (secondary N) is 2. The maximum absolute atomic E-state index is 11.6. The van der Waals surface area contributed by atoms with Crippen molar-refractivity contribution in [3.63, 3.8) is 0 Å².